The highest BCUT2D eigenvalue weighted by molar-refractivity contribution is 6.28. The Balaban J connectivity index is 1.38. The number of alkyl halides is 1. The minimum absolute atomic E-state index is 0.0838. The first kappa shape index (κ1) is 17.2. The molecule has 1 saturated heterocycles. The number of urea groups is 1. The summed E-state index contributed by atoms with van der Waals surface area (Å²) in [5.41, 5.74) is 0.849. The van der Waals surface area contributed by atoms with Crippen LogP contribution in [0, 0.1) is 11.8 Å². The highest BCUT2D eigenvalue weighted by atomic mass is 35.5. The molecule has 3 rings (SSSR count). The number of nitrogens with zero attached hydrogens (tertiary/aromatic N) is 1. The SMILES string of the molecule is O=C(NC1=CCC(CCC2CCNC2)C=C1)NC1=CCC(Cl)C=N1. The minimum atomic E-state index is -0.266. The molecule has 0 aromatic carbocycles. The fraction of sp³-hybridized carbons (Fsp3) is 0.556. The van der Waals surface area contributed by atoms with Crippen molar-refractivity contribution >= 4 is 23.8 Å². The van der Waals surface area contributed by atoms with E-state index >= 15 is 0 Å². The first-order chi connectivity index (χ1) is 11.7. The van der Waals surface area contributed by atoms with Crippen LogP contribution in [-0.2, 0) is 0 Å². The van der Waals surface area contributed by atoms with Gasteiger partial charge in [0.15, 0.2) is 0 Å². The summed E-state index contributed by atoms with van der Waals surface area (Å²) in [7, 11) is 0. The monoisotopic (exact) mass is 348 g/mol. The van der Waals surface area contributed by atoms with Gasteiger partial charge < -0.3 is 10.6 Å². The first-order valence-electron chi connectivity index (χ1n) is 8.74. The summed E-state index contributed by atoms with van der Waals surface area (Å²) in [5.74, 6) is 1.97. The van der Waals surface area contributed by atoms with Gasteiger partial charge in [-0.05, 0) is 69.2 Å². The Kier molecular flexibility index (Phi) is 6.10. The van der Waals surface area contributed by atoms with Gasteiger partial charge in [-0.15, -0.1) is 11.6 Å². The van der Waals surface area contributed by atoms with Crippen LogP contribution in [0.5, 0.6) is 0 Å². The van der Waals surface area contributed by atoms with E-state index in [4.69, 9.17) is 11.6 Å². The molecule has 0 aromatic rings. The van der Waals surface area contributed by atoms with Gasteiger partial charge in [0.2, 0.25) is 0 Å². The highest BCUT2D eigenvalue weighted by Gasteiger charge is 2.17. The van der Waals surface area contributed by atoms with Crippen molar-refractivity contribution in [2.45, 2.75) is 37.5 Å². The lowest BCUT2D eigenvalue weighted by Crippen LogP contribution is -2.34. The highest BCUT2D eigenvalue weighted by Crippen LogP contribution is 2.24. The number of carbonyl (C=O) groups is 1. The summed E-state index contributed by atoms with van der Waals surface area (Å²) in [6, 6.07) is -0.266. The molecule has 3 N–H and O–H groups in total. The van der Waals surface area contributed by atoms with Gasteiger partial charge in [-0.1, -0.05) is 12.2 Å². The van der Waals surface area contributed by atoms with Crippen LogP contribution < -0.4 is 16.0 Å². The predicted molar refractivity (Wildman–Crippen MR) is 98.0 cm³/mol. The third kappa shape index (κ3) is 5.21. The molecule has 5 nitrogen and oxygen atoms in total. The summed E-state index contributed by atoms with van der Waals surface area (Å²) in [6.07, 6.45) is 15.3. The third-order valence-corrected chi connectivity index (χ3v) is 5.00. The number of rotatable bonds is 5. The Morgan fingerprint density at radius 3 is 2.88 bits per heavy atom. The minimum Gasteiger partial charge on any atom is -0.316 e. The number of hydrogen-bond acceptors (Lipinski definition) is 3. The van der Waals surface area contributed by atoms with Crippen LogP contribution >= 0.6 is 11.6 Å². The second kappa shape index (κ2) is 8.49. The summed E-state index contributed by atoms with van der Waals surface area (Å²) in [4.78, 5) is 16.1. The second-order valence-corrected chi connectivity index (χ2v) is 7.21. The van der Waals surface area contributed by atoms with Crippen LogP contribution in [-0.4, -0.2) is 30.7 Å². The Hall–Kier alpha value is -1.59. The smallest absolute Gasteiger partial charge is 0.316 e. The standard InChI is InChI=1S/C18H25ClN4O/c19-15-5-8-17(21-12-15)23-18(24)22-16-6-3-13(4-7-16)1-2-14-9-10-20-11-14/h3,6-8,12-15,20H,1-2,4-5,9-11H2,(H2,22,23,24). The van der Waals surface area contributed by atoms with Crippen molar-refractivity contribution in [2.24, 2.45) is 16.8 Å². The molecular weight excluding hydrogens is 324 g/mol. The first-order valence-corrected chi connectivity index (χ1v) is 9.18. The lowest BCUT2D eigenvalue weighted by Gasteiger charge is -2.18. The van der Waals surface area contributed by atoms with E-state index < -0.39 is 0 Å². The van der Waals surface area contributed by atoms with E-state index in [1.807, 2.05) is 12.2 Å². The topological polar surface area (TPSA) is 65.5 Å². The van der Waals surface area contributed by atoms with Crippen molar-refractivity contribution in [1.82, 2.24) is 16.0 Å². The molecular formula is C18H25ClN4O. The summed E-state index contributed by atoms with van der Waals surface area (Å²) in [5, 5.41) is 8.93. The van der Waals surface area contributed by atoms with Crippen molar-refractivity contribution in [1.29, 1.82) is 0 Å². The van der Waals surface area contributed by atoms with Gasteiger partial charge in [-0.25, -0.2) is 9.79 Å². The van der Waals surface area contributed by atoms with Gasteiger partial charge >= 0.3 is 6.03 Å². The van der Waals surface area contributed by atoms with Crippen LogP contribution in [0.2, 0.25) is 0 Å². The average molecular weight is 349 g/mol. The van der Waals surface area contributed by atoms with Crippen LogP contribution in [0.25, 0.3) is 0 Å². The number of halogens is 1. The van der Waals surface area contributed by atoms with Gasteiger partial charge in [0.05, 0.1) is 5.38 Å². The van der Waals surface area contributed by atoms with E-state index in [9.17, 15) is 4.79 Å². The molecule has 1 fully saturated rings. The number of nitrogens with one attached hydrogen (secondary N) is 3. The summed E-state index contributed by atoms with van der Waals surface area (Å²) < 4.78 is 0. The fourth-order valence-corrected chi connectivity index (χ4v) is 3.39. The molecule has 2 aliphatic heterocycles. The van der Waals surface area contributed by atoms with E-state index in [-0.39, 0.29) is 11.4 Å². The number of hydrogen-bond donors (Lipinski definition) is 3. The Morgan fingerprint density at radius 1 is 1.29 bits per heavy atom. The van der Waals surface area contributed by atoms with Crippen molar-refractivity contribution in [3.05, 3.63) is 35.8 Å². The Morgan fingerprint density at radius 2 is 2.21 bits per heavy atom. The zero-order valence-corrected chi connectivity index (χ0v) is 14.6. The van der Waals surface area contributed by atoms with Gasteiger partial charge in [-0.2, -0.15) is 0 Å². The van der Waals surface area contributed by atoms with Crippen LogP contribution in [0.15, 0.2) is 40.8 Å². The van der Waals surface area contributed by atoms with Crippen LogP contribution in [0.4, 0.5) is 4.79 Å². The molecule has 2 amide bonds. The van der Waals surface area contributed by atoms with Crippen molar-refractivity contribution in [3.63, 3.8) is 0 Å². The molecule has 6 heteroatoms. The zero-order valence-electron chi connectivity index (χ0n) is 13.8. The fourth-order valence-electron chi connectivity index (χ4n) is 3.24. The largest absolute Gasteiger partial charge is 0.324 e. The van der Waals surface area contributed by atoms with Gasteiger partial charge in [0, 0.05) is 11.9 Å². The third-order valence-electron chi connectivity index (χ3n) is 4.71. The molecule has 0 spiro atoms. The van der Waals surface area contributed by atoms with Crippen molar-refractivity contribution in [2.75, 3.05) is 13.1 Å². The molecule has 0 radical (unpaired) electrons. The Bertz CT molecular complexity index is 576. The number of aliphatic imine (C=N–C) groups is 1. The molecule has 2 heterocycles. The van der Waals surface area contributed by atoms with Gasteiger partial charge in [-0.3, -0.25) is 5.32 Å². The molecule has 0 bridgehead atoms. The molecule has 3 unspecified atom stereocenters. The molecule has 130 valence electrons. The lowest BCUT2D eigenvalue weighted by atomic mass is 9.90. The number of carbonyl (C=O) groups excluding carboxylic acids is 1. The maximum absolute atomic E-state index is 12.0. The summed E-state index contributed by atoms with van der Waals surface area (Å²) in [6.45, 7) is 2.34. The van der Waals surface area contributed by atoms with Crippen molar-refractivity contribution in [3.8, 4) is 0 Å². The number of amides is 2. The van der Waals surface area contributed by atoms with E-state index in [1.54, 1.807) is 6.21 Å². The maximum atomic E-state index is 12.0. The van der Waals surface area contributed by atoms with Gasteiger partial charge in [0.25, 0.3) is 0 Å². The maximum Gasteiger partial charge on any atom is 0.324 e. The van der Waals surface area contributed by atoms with Crippen LogP contribution in [0.3, 0.4) is 0 Å². The molecule has 0 saturated carbocycles. The molecule has 3 atom stereocenters. The normalized spacial score (nSPS) is 29.1. The van der Waals surface area contributed by atoms with Crippen molar-refractivity contribution < 1.29 is 4.79 Å². The second-order valence-electron chi connectivity index (χ2n) is 6.65. The Labute approximate surface area is 148 Å². The predicted octanol–water partition coefficient (Wildman–Crippen LogP) is 3.06. The average Bonchev–Trinajstić information content (AvgIpc) is 3.10. The van der Waals surface area contributed by atoms with E-state index in [0.29, 0.717) is 18.2 Å². The van der Waals surface area contributed by atoms with E-state index in [0.717, 1.165) is 18.0 Å². The zero-order chi connectivity index (χ0) is 16.8. The van der Waals surface area contributed by atoms with E-state index in [2.05, 4.69) is 33.1 Å². The molecule has 1 aliphatic carbocycles. The molecule has 0 aromatic heterocycles. The molecule has 24 heavy (non-hydrogen) atoms. The van der Waals surface area contributed by atoms with Crippen LogP contribution in [0.1, 0.15) is 32.1 Å². The lowest BCUT2D eigenvalue weighted by molar-refractivity contribution is 0.245. The molecule has 3 aliphatic rings. The van der Waals surface area contributed by atoms with Gasteiger partial charge in [0.1, 0.15) is 5.82 Å². The summed E-state index contributed by atoms with van der Waals surface area (Å²) >= 11 is 5.91. The van der Waals surface area contributed by atoms with E-state index in [1.165, 1.54) is 32.4 Å². The quantitative estimate of drug-likeness (QED) is 0.668. The number of allylic oxidation sites excluding steroid dienone is 4.